The van der Waals surface area contributed by atoms with Crippen molar-refractivity contribution in [2.45, 2.75) is 0 Å². The van der Waals surface area contributed by atoms with Crippen LogP contribution in [0, 0.1) is 0 Å². The maximum Gasteiger partial charge on any atom is 0.357 e. The van der Waals surface area contributed by atoms with Crippen LogP contribution in [0.4, 0.5) is 11.6 Å². The Balaban J connectivity index is 1.86. The summed E-state index contributed by atoms with van der Waals surface area (Å²) in [5, 5.41) is 3.69. The largest absolute Gasteiger partial charge is 0.458 e. The summed E-state index contributed by atoms with van der Waals surface area (Å²) >= 11 is 6.00. The number of aromatic nitrogens is 3. The molecule has 138 valence electrons. The molecule has 0 amide bonds. The lowest BCUT2D eigenvalue weighted by Crippen LogP contribution is -2.13. The van der Waals surface area contributed by atoms with E-state index in [1.807, 2.05) is 12.1 Å². The minimum absolute atomic E-state index is 0.149. The fourth-order valence-corrected chi connectivity index (χ4v) is 2.52. The van der Waals surface area contributed by atoms with Gasteiger partial charge in [0.15, 0.2) is 5.69 Å². The molecule has 1 N–H and O–H groups in total. The van der Waals surface area contributed by atoms with Gasteiger partial charge in [0.1, 0.15) is 6.61 Å². The van der Waals surface area contributed by atoms with Crippen molar-refractivity contribution in [3.05, 3.63) is 65.6 Å². The molecule has 0 aliphatic heterocycles. The average molecular weight is 385 g/mol. The maximum absolute atomic E-state index is 12.3. The first-order valence-electron chi connectivity index (χ1n) is 8.14. The number of carbonyl (C=O) groups is 1. The molecule has 3 aromatic rings. The third kappa shape index (κ3) is 4.99. The summed E-state index contributed by atoms with van der Waals surface area (Å²) in [5.74, 6) is -0.164. The molecule has 0 bridgehead atoms. The standard InChI is InChI=1S/C19H17ClN4O3/c1-26-10-11-27-18(25)17-15(6-3-8-21-17)16-7-9-22-19(24-16)23-14-5-2-4-13(20)12-14/h2-9,12H,10-11H2,1H3,(H,22,23,24). The normalized spacial score (nSPS) is 10.4. The van der Waals surface area contributed by atoms with E-state index in [-0.39, 0.29) is 12.3 Å². The van der Waals surface area contributed by atoms with E-state index in [0.717, 1.165) is 5.69 Å². The third-order valence-corrected chi connectivity index (χ3v) is 3.77. The molecule has 0 aliphatic rings. The van der Waals surface area contributed by atoms with E-state index in [9.17, 15) is 4.79 Å². The third-order valence-electron chi connectivity index (χ3n) is 3.53. The van der Waals surface area contributed by atoms with Gasteiger partial charge in [-0.25, -0.2) is 19.7 Å². The van der Waals surface area contributed by atoms with E-state index in [1.165, 1.54) is 13.3 Å². The van der Waals surface area contributed by atoms with Crippen molar-refractivity contribution in [2.24, 2.45) is 0 Å². The van der Waals surface area contributed by atoms with E-state index in [4.69, 9.17) is 21.1 Å². The number of halogens is 1. The zero-order chi connectivity index (χ0) is 19.1. The number of hydrogen-bond donors (Lipinski definition) is 1. The van der Waals surface area contributed by atoms with Gasteiger partial charge in [-0.2, -0.15) is 0 Å². The van der Waals surface area contributed by atoms with Crippen LogP contribution in [0.15, 0.2) is 54.9 Å². The van der Waals surface area contributed by atoms with Crippen molar-refractivity contribution < 1.29 is 14.3 Å². The predicted octanol–water partition coefficient (Wildman–Crippen LogP) is 3.74. The zero-order valence-electron chi connectivity index (χ0n) is 14.6. The topological polar surface area (TPSA) is 86.2 Å². The highest BCUT2D eigenvalue weighted by Crippen LogP contribution is 2.23. The van der Waals surface area contributed by atoms with Crippen molar-refractivity contribution in [3.8, 4) is 11.3 Å². The fraction of sp³-hybridized carbons (Fsp3) is 0.158. The molecule has 1 aromatic carbocycles. The molecule has 8 heteroatoms. The summed E-state index contributed by atoms with van der Waals surface area (Å²) in [4.78, 5) is 25.1. The van der Waals surface area contributed by atoms with Gasteiger partial charge in [-0.05, 0) is 36.4 Å². The van der Waals surface area contributed by atoms with Crippen LogP contribution in [0.2, 0.25) is 5.02 Å². The summed E-state index contributed by atoms with van der Waals surface area (Å²) in [6.45, 7) is 0.464. The van der Waals surface area contributed by atoms with Gasteiger partial charge in [0.2, 0.25) is 5.95 Å². The summed E-state index contributed by atoms with van der Waals surface area (Å²) in [7, 11) is 1.54. The van der Waals surface area contributed by atoms with Crippen LogP contribution in [0.3, 0.4) is 0 Å². The Labute approximate surface area is 161 Å². The number of pyridine rings is 1. The molecule has 0 aliphatic carbocycles. The zero-order valence-corrected chi connectivity index (χ0v) is 15.3. The van der Waals surface area contributed by atoms with Crippen molar-refractivity contribution in [2.75, 3.05) is 25.6 Å². The Morgan fingerprint density at radius 3 is 2.81 bits per heavy atom. The smallest absolute Gasteiger partial charge is 0.357 e. The van der Waals surface area contributed by atoms with Gasteiger partial charge in [-0.1, -0.05) is 17.7 Å². The first-order valence-corrected chi connectivity index (χ1v) is 8.52. The average Bonchev–Trinajstić information content (AvgIpc) is 2.68. The number of hydrogen-bond acceptors (Lipinski definition) is 7. The second kappa shape index (κ2) is 9.07. The molecule has 2 aromatic heterocycles. The highest BCUT2D eigenvalue weighted by molar-refractivity contribution is 6.30. The first-order chi connectivity index (χ1) is 13.2. The molecule has 0 radical (unpaired) electrons. The molecule has 0 saturated carbocycles. The lowest BCUT2D eigenvalue weighted by molar-refractivity contribution is 0.0382. The minimum Gasteiger partial charge on any atom is -0.458 e. The van der Waals surface area contributed by atoms with Crippen LogP contribution in [0.1, 0.15) is 10.5 Å². The molecule has 0 saturated heterocycles. The van der Waals surface area contributed by atoms with Crippen molar-refractivity contribution in [3.63, 3.8) is 0 Å². The molecule has 0 spiro atoms. The Morgan fingerprint density at radius 2 is 2.00 bits per heavy atom. The molecule has 0 unspecified atom stereocenters. The second-order valence-electron chi connectivity index (χ2n) is 5.43. The molecular weight excluding hydrogens is 368 g/mol. The number of rotatable bonds is 7. The molecule has 2 heterocycles. The maximum atomic E-state index is 12.3. The quantitative estimate of drug-likeness (QED) is 0.490. The van der Waals surface area contributed by atoms with Crippen molar-refractivity contribution in [1.82, 2.24) is 15.0 Å². The lowest BCUT2D eigenvalue weighted by Gasteiger charge is -2.10. The molecule has 3 rings (SSSR count). The lowest BCUT2D eigenvalue weighted by atomic mass is 10.1. The van der Waals surface area contributed by atoms with Crippen LogP contribution in [0.5, 0.6) is 0 Å². The molecule has 7 nitrogen and oxygen atoms in total. The number of benzene rings is 1. The summed E-state index contributed by atoms with van der Waals surface area (Å²) in [6.07, 6.45) is 3.13. The van der Waals surface area contributed by atoms with Crippen LogP contribution in [-0.4, -0.2) is 41.2 Å². The van der Waals surface area contributed by atoms with Crippen LogP contribution in [-0.2, 0) is 9.47 Å². The van der Waals surface area contributed by atoms with E-state index in [2.05, 4.69) is 20.3 Å². The monoisotopic (exact) mass is 384 g/mol. The molecule has 0 atom stereocenters. The van der Waals surface area contributed by atoms with Gasteiger partial charge < -0.3 is 14.8 Å². The number of methoxy groups -OCH3 is 1. The minimum atomic E-state index is -0.536. The number of nitrogens with zero attached hydrogens (tertiary/aromatic N) is 3. The second-order valence-corrected chi connectivity index (χ2v) is 5.87. The van der Waals surface area contributed by atoms with E-state index < -0.39 is 5.97 Å². The summed E-state index contributed by atoms with van der Waals surface area (Å²) in [5.41, 5.74) is 2.03. The van der Waals surface area contributed by atoms with Crippen LogP contribution >= 0.6 is 11.6 Å². The van der Waals surface area contributed by atoms with Crippen LogP contribution in [0.25, 0.3) is 11.3 Å². The predicted molar refractivity (Wildman–Crippen MR) is 102 cm³/mol. The summed E-state index contributed by atoms with van der Waals surface area (Å²) < 4.78 is 10.1. The number of ether oxygens (including phenoxy) is 2. The summed E-state index contributed by atoms with van der Waals surface area (Å²) in [6, 6.07) is 12.4. The van der Waals surface area contributed by atoms with E-state index in [1.54, 1.807) is 36.5 Å². The highest BCUT2D eigenvalue weighted by atomic mass is 35.5. The number of carbonyl (C=O) groups excluding carboxylic acids is 1. The fourth-order valence-electron chi connectivity index (χ4n) is 2.32. The van der Waals surface area contributed by atoms with Crippen molar-refractivity contribution in [1.29, 1.82) is 0 Å². The van der Waals surface area contributed by atoms with Gasteiger partial charge in [0.05, 0.1) is 12.3 Å². The van der Waals surface area contributed by atoms with Gasteiger partial charge in [0.25, 0.3) is 0 Å². The van der Waals surface area contributed by atoms with Gasteiger partial charge in [0, 0.05) is 35.8 Å². The van der Waals surface area contributed by atoms with Gasteiger partial charge in [-0.3, -0.25) is 0 Å². The Hall–Kier alpha value is -3.03. The Kier molecular flexibility index (Phi) is 6.30. The number of esters is 1. The number of anilines is 2. The van der Waals surface area contributed by atoms with E-state index >= 15 is 0 Å². The molecule has 27 heavy (non-hydrogen) atoms. The van der Waals surface area contributed by atoms with Gasteiger partial charge >= 0.3 is 5.97 Å². The van der Waals surface area contributed by atoms with Crippen LogP contribution < -0.4 is 5.32 Å². The SMILES string of the molecule is COCCOC(=O)c1ncccc1-c1ccnc(Nc2cccc(Cl)c2)n1. The van der Waals surface area contributed by atoms with Gasteiger partial charge in [-0.15, -0.1) is 0 Å². The van der Waals surface area contributed by atoms with Crippen molar-refractivity contribution >= 4 is 29.2 Å². The highest BCUT2D eigenvalue weighted by Gasteiger charge is 2.17. The van der Waals surface area contributed by atoms with E-state index in [0.29, 0.717) is 28.8 Å². The Bertz CT molecular complexity index is 936. The molecular formula is C19H17ClN4O3. The molecule has 0 fully saturated rings. The first kappa shape index (κ1) is 18.8. The Morgan fingerprint density at radius 1 is 1.11 bits per heavy atom. The number of nitrogens with one attached hydrogen (secondary N) is 1.